The molecule has 0 atom stereocenters. The summed E-state index contributed by atoms with van der Waals surface area (Å²) in [6.45, 7) is 8.15. The summed E-state index contributed by atoms with van der Waals surface area (Å²) in [5.41, 5.74) is 5.33. The van der Waals surface area contributed by atoms with Crippen molar-refractivity contribution in [1.29, 1.82) is 0 Å². The highest BCUT2D eigenvalue weighted by Gasteiger charge is 2.05. The molecule has 0 saturated carbocycles. The van der Waals surface area contributed by atoms with Crippen molar-refractivity contribution in [3.8, 4) is 0 Å². The van der Waals surface area contributed by atoms with Crippen molar-refractivity contribution in [1.82, 2.24) is 5.43 Å². The lowest BCUT2D eigenvalue weighted by Gasteiger charge is -2.06. The van der Waals surface area contributed by atoms with Crippen LogP contribution in [0.5, 0.6) is 0 Å². The Morgan fingerprint density at radius 2 is 1.88 bits per heavy atom. The molecule has 92 valence electrons. The van der Waals surface area contributed by atoms with E-state index in [9.17, 15) is 4.79 Å². The zero-order valence-corrected chi connectivity index (χ0v) is 10.9. The van der Waals surface area contributed by atoms with Gasteiger partial charge >= 0.3 is 0 Å². The van der Waals surface area contributed by atoms with E-state index in [0.717, 1.165) is 12.1 Å². The second-order valence-electron chi connectivity index (χ2n) is 4.42. The molecule has 0 aromatic heterocycles. The van der Waals surface area contributed by atoms with Crippen LogP contribution in [0.15, 0.2) is 29.4 Å². The third-order valence-electron chi connectivity index (χ3n) is 2.70. The maximum Gasteiger partial charge on any atom is 0.271 e. The van der Waals surface area contributed by atoms with E-state index in [1.807, 2.05) is 38.1 Å². The number of hydrogen-bond donors (Lipinski definition) is 1. The van der Waals surface area contributed by atoms with Crippen molar-refractivity contribution >= 4 is 11.6 Å². The molecule has 3 nitrogen and oxygen atoms in total. The van der Waals surface area contributed by atoms with Gasteiger partial charge in [0.05, 0.1) is 0 Å². The van der Waals surface area contributed by atoms with E-state index in [2.05, 4.69) is 24.4 Å². The normalized spacial score (nSPS) is 11.7. The van der Waals surface area contributed by atoms with Crippen molar-refractivity contribution in [3.63, 3.8) is 0 Å². The van der Waals surface area contributed by atoms with Gasteiger partial charge < -0.3 is 0 Å². The highest BCUT2D eigenvalue weighted by atomic mass is 16.2. The van der Waals surface area contributed by atoms with Gasteiger partial charge in [0.2, 0.25) is 0 Å². The van der Waals surface area contributed by atoms with Crippen LogP contribution in [0.3, 0.4) is 0 Å². The summed E-state index contributed by atoms with van der Waals surface area (Å²) in [7, 11) is 0. The Morgan fingerprint density at radius 3 is 2.35 bits per heavy atom. The first-order valence-corrected chi connectivity index (χ1v) is 5.98. The third-order valence-corrected chi connectivity index (χ3v) is 2.70. The first-order valence-electron chi connectivity index (χ1n) is 5.98. The van der Waals surface area contributed by atoms with E-state index in [-0.39, 0.29) is 5.91 Å². The molecule has 1 rings (SSSR count). The number of nitrogens with one attached hydrogen (secondary N) is 1. The largest absolute Gasteiger partial charge is 0.271 e. The number of amides is 1. The summed E-state index contributed by atoms with van der Waals surface area (Å²) in [4.78, 5) is 11.7. The average Bonchev–Trinajstić information content (AvgIpc) is 2.35. The van der Waals surface area contributed by atoms with Crippen LogP contribution in [0, 0.1) is 0 Å². The van der Waals surface area contributed by atoms with Crippen molar-refractivity contribution in [3.05, 3.63) is 35.4 Å². The molecule has 0 bridgehead atoms. The second-order valence-corrected chi connectivity index (χ2v) is 4.42. The number of benzene rings is 1. The quantitative estimate of drug-likeness (QED) is 0.628. The molecule has 0 unspecified atom stereocenters. The Hall–Kier alpha value is -1.64. The van der Waals surface area contributed by atoms with Crippen molar-refractivity contribution in [2.75, 3.05) is 0 Å². The smallest absolute Gasteiger partial charge is 0.267 e. The first kappa shape index (κ1) is 13.4. The maximum absolute atomic E-state index is 11.7. The molecule has 0 heterocycles. The Labute approximate surface area is 103 Å². The van der Waals surface area contributed by atoms with E-state index >= 15 is 0 Å². The number of hydrazone groups is 1. The zero-order chi connectivity index (χ0) is 12.8. The van der Waals surface area contributed by atoms with Crippen LogP contribution in [-0.2, 0) is 0 Å². The van der Waals surface area contributed by atoms with Gasteiger partial charge in [-0.3, -0.25) is 4.79 Å². The van der Waals surface area contributed by atoms with Gasteiger partial charge in [-0.2, -0.15) is 5.10 Å². The topological polar surface area (TPSA) is 41.5 Å². The molecule has 1 aromatic rings. The summed E-state index contributed by atoms with van der Waals surface area (Å²) in [6.07, 6.45) is 0.840. The predicted octanol–water partition coefficient (Wildman–Crippen LogP) is 3.33. The summed E-state index contributed by atoms with van der Waals surface area (Å²) in [5.74, 6) is 0.320. The zero-order valence-electron chi connectivity index (χ0n) is 10.9. The molecule has 3 heteroatoms. The van der Waals surface area contributed by atoms with Crippen LogP contribution in [-0.4, -0.2) is 11.6 Å². The number of hydrogen-bond acceptors (Lipinski definition) is 2. The van der Waals surface area contributed by atoms with Crippen LogP contribution in [0.25, 0.3) is 0 Å². The molecule has 1 N–H and O–H groups in total. The van der Waals surface area contributed by atoms with Crippen LogP contribution in [0.4, 0.5) is 0 Å². The maximum atomic E-state index is 11.7. The standard InChI is InChI=1S/C14H20N2O/c1-5-11(4)15-16-14(17)13-8-6-12(7-9-13)10(2)3/h6-10H,5H2,1-4H3,(H,16,17)/b15-11+. The Morgan fingerprint density at radius 1 is 1.29 bits per heavy atom. The van der Waals surface area contributed by atoms with Gasteiger partial charge in [-0.1, -0.05) is 32.9 Å². The molecule has 17 heavy (non-hydrogen) atoms. The monoisotopic (exact) mass is 232 g/mol. The number of carbonyl (C=O) groups excluding carboxylic acids is 1. The third kappa shape index (κ3) is 4.02. The van der Waals surface area contributed by atoms with Gasteiger partial charge in [0.25, 0.3) is 5.91 Å². The van der Waals surface area contributed by atoms with Crippen molar-refractivity contribution < 1.29 is 4.79 Å². The van der Waals surface area contributed by atoms with E-state index < -0.39 is 0 Å². The highest BCUT2D eigenvalue weighted by molar-refractivity contribution is 5.95. The Balaban J connectivity index is 2.70. The SMILES string of the molecule is CC/C(C)=N/NC(=O)c1ccc(C(C)C)cc1. The van der Waals surface area contributed by atoms with Gasteiger partial charge in [-0.05, 0) is 37.0 Å². The fourth-order valence-corrected chi connectivity index (χ4v) is 1.31. The number of nitrogens with zero attached hydrogens (tertiary/aromatic N) is 1. The van der Waals surface area contributed by atoms with Gasteiger partial charge in [0, 0.05) is 11.3 Å². The van der Waals surface area contributed by atoms with Gasteiger partial charge in [-0.15, -0.1) is 0 Å². The fourth-order valence-electron chi connectivity index (χ4n) is 1.31. The lowest BCUT2D eigenvalue weighted by atomic mass is 10.0. The van der Waals surface area contributed by atoms with E-state index in [0.29, 0.717) is 11.5 Å². The molecule has 1 amide bonds. The number of rotatable bonds is 4. The molecule has 0 aliphatic heterocycles. The highest BCUT2D eigenvalue weighted by Crippen LogP contribution is 2.14. The van der Waals surface area contributed by atoms with Crippen LogP contribution < -0.4 is 5.43 Å². The molecule has 0 saturated heterocycles. The predicted molar refractivity (Wildman–Crippen MR) is 71.4 cm³/mol. The summed E-state index contributed by atoms with van der Waals surface area (Å²) in [5, 5.41) is 3.99. The molecular formula is C14H20N2O. The van der Waals surface area contributed by atoms with Gasteiger partial charge in [-0.25, -0.2) is 5.43 Å². The summed E-state index contributed by atoms with van der Waals surface area (Å²) < 4.78 is 0. The summed E-state index contributed by atoms with van der Waals surface area (Å²) >= 11 is 0. The molecule has 0 aliphatic rings. The van der Waals surface area contributed by atoms with Gasteiger partial charge in [0.1, 0.15) is 0 Å². The van der Waals surface area contributed by atoms with Gasteiger partial charge in [0.15, 0.2) is 0 Å². The Bertz CT molecular complexity index is 405. The minimum Gasteiger partial charge on any atom is -0.267 e. The molecule has 0 radical (unpaired) electrons. The fraction of sp³-hybridized carbons (Fsp3) is 0.429. The van der Waals surface area contributed by atoms with Crippen LogP contribution in [0.2, 0.25) is 0 Å². The van der Waals surface area contributed by atoms with Crippen LogP contribution in [0.1, 0.15) is 56.0 Å². The minimum absolute atomic E-state index is 0.159. The van der Waals surface area contributed by atoms with Crippen LogP contribution >= 0.6 is 0 Å². The van der Waals surface area contributed by atoms with Crippen molar-refractivity contribution in [2.24, 2.45) is 5.10 Å². The average molecular weight is 232 g/mol. The minimum atomic E-state index is -0.159. The molecular weight excluding hydrogens is 212 g/mol. The van der Waals surface area contributed by atoms with E-state index in [4.69, 9.17) is 0 Å². The summed E-state index contributed by atoms with van der Waals surface area (Å²) in [6, 6.07) is 7.63. The lowest BCUT2D eigenvalue weighted by Crippen LogP contribution is -2.18. The number of carbonyl (C=O) groups is 1. The molecule has 0 fully saturated rings. The van der Waals surface area contributed by atoms with E-state index in [1.165, 1.54) is 5.56 Å². The molecule has 0 aliphatic carbocycles. The molecule has 1 aromatic carbocycles. The molecule has 0 spiro atoms. The first-order chi connectivity index (χ1) is 8.04. The van der Waals surface area contributed by atoms with E-state index in [1.54, 1.807) is 0 Å². The second kappa shape index (κ2) is 6.18. The Kier molecular flexibility index (Phi) is 4.88. The lowest BCUT2D eigenvalue weighted by molar-refractivity contribution is 0.0954. The van der Waals surface area contributed by atoms with Crippen molar-refractivity contribution in [2.45, 2.75) is 40.0 Å².